The van der Waals surface area contributed by atoms with Crippen LogP contribution in [0.5, 0.6) is 5.75 Å². The van der Waals surface area contributed by atoms with Crippen LogP contribution >= 0.6 is 11.6 Å². The topological polar surface area (TPSA) is 75.7 Å². The molecule has 3 aliphatic rings. The first-order valence-corrected chi connectivity index (χ1v) is 15.1. The summed E-state index contributed by atoms with van der Waals surface area (Å²) in [5.41, 5.74) is 0.0996. The van der Waals surface area contributed by atoms with Gasteiger partial charge in [0.05, 0.1) is 24.0 Å². The van der Waals surface area contributed by atoms with Crippen LogP contribution in [-0.2, 0) is 22.7 Å². The van der Waals surface area contributed by atoms with Gasteiger partial charge in [0.15, 0.2) is 0 Å². The van der Waals surface area contributed by atoms with Crippen LogP contribution in [0.1, 0.15) is 71.5 Å². The summed E-state index contributed by atoms with van der Waals surface area (Å²) in [5.74, 6) is -1.22. The van der Waals surface area contributed by atoms with Gasteiger partial charge < -0.3 is 4.74 Å². The standard InChI is InChI=1S/C27H29ClF4N2O4S/c1-39(36,37)33-26(35)22-11-21(16-2-3-16)25(12-24(22)29)38-14-15-8-19-5-6-20(9-15)34(19)13-17-10-18(27(30,31)32)4-7-23(17)28/h4,7,10-12,15-16,19-20H,2-3,5-6,8-9,13-14H2,1H3,(H,33,35)/t15?,19-,20?/m0/s1. The Hall–Kier alpha value is -2.37. The molecule has 2 saturated heterocycles. The van der Waals surface area contributed by atoms with Gasteiger partial charge in [-0.1, -0.05) is 11.6 Å². The molecule has 5 rings (SSSR count). The van der Waals surface area contributed by atoms with E-state index in [1.54, 1.807) is 4.72 Å². The highest BCUT2D eigenvalue weighted by molar-refractivity contribution is 7.89. The lowest BCUT2D eigenvalue weighted by Crippen LogP contribution is -2.43. The minimum atomic E-state index is -4.43. The minimum absolute atomic E-state index is 0.126. The molecule has 2 bridgehead atoms. The Morgan fingerprint density at radius 2 is 1.77 bits per heavy atom. The Bertz CT molecular complexity index is 1370. The Kier molecular flexibility index (Phi) is 7.62. The lowest BCUT2D eigenvalue weighted by Gasteiger charge is -2.39. The summed E-state index contributed by atoms with van der Waals surface area (Å²) in [7, 11) is -3.84. The first-order valence-electron chi connectivity index (χ1n) is 12.9. The highest BCUT2D eigenvalue weighted by Gasteiger charge is 2.41. The monoisotopic (exact) mass is 588 g/mol. The fourth-order valence-electron chi connectivity index (χ4n) is 5.87. The number of nitrogens with zero attached hydrogens (tertiary/aromatic N) is 1. The smallest absolute Gasteiger partial charge is 0.416 e. The first kappa shape index (κ1) is 28.2. The maximum Gasteiger partial charge on any atom is 0.416 e. The molecule has 2 unspecified atom stereocenters. The molecule has 12 heteroatoms. The van der Waals surface area contributed by atoms with Crippen molar-refractivity contribution in [2.45, 2.75) is 69.2 Å². The molecule has 1 saturated carbocycles. The summed E-state index contributed by atoms with van der Waals surface area (Å²) >= 11 is 6.25. The first-order chi connectivity index (χ1) is 18.3. The molecule has 2 aliphatic heterocycles. The highest BCUT2D eigenvalue weighted by Crippen LogP contribution is 2.46. The molecule has 3 atom stereocenters. The third-order valence-corrected chi connectivity index (χ3v) is 8.75. The number of amides is 1. The van der Waals surface area contributed by atoms with Gasteiger partial charge in [-0.25, -0.2) is 17.5 Å². The average Bonchev–Trinajstić information content (AvgIpc) is 3.64. The van der Waals surface area contributed by atoms with E-state index < -0.39 is 33.5 Å². The van der Waals surface area contributed by atoms with Crippen molar-refractivity contribution in [1.82, 2.24) is 9.62 Å². The van der Waals surface area contributed by atoms with Crippen molar-refractivity contribution < 1.29 is 35.5 Å². The Morgan fingerprint density at radius 3 is 2.36 bits per heavy atom. The van der Waals surface area contributed by atoms with Crippen LogP contribution in [0.2, 0.25) is 5.02 Å². The van der Waals surface area contributed by atoms with Gasteiger partial charge in [0.25, 0.3) is 5.91 Å². The quantitative estimate of drug-likeness (QED) is 0.390. The third-order valence-electron chi connectivity index (χ3n) is 7.82. The van der Waals surface area contributed by atoms with Gasteiger partial charge in [0.2, 0.25) is 10.0 Å². The molecule has 0 radical (unpaired) electrons. The normalized spacial score (nSPS) is 23.6. The number of piperidine rings is 1. The van der Waals surface area contributed by atoms with E-state index in [2.05, 4.69) is 4.90 Å². The number of hydrogen-bond donors (Lipinski definition) is 1. The molecule has 39 heavy (non-hydrogen) atoms. The maximum absolute atomic E-state index is 14.8. The number of nitrogens with one attached hydrogen (secondary N) is 1. The van der Waals surface area contributed by atoms with Crippen LogP contribution in [0.4, 0.5) is 17.6 Å². The van der Waals surface area contributed by atoms with Crippen molar-refractivity contribution in [3.63, 3.8) is 0 Å². The molecule has 2 heterocycles. The fraction of sp³-hybridized carbons (Fsp3) is 0.519. The summed E-state index contributed by atoms with van der Waals surface area (Å²) in [4.78, 5) is 14.5. The Labute approximate surface area is 229 Å². The molecule has 212 valence electrons. The molecule has 1 aliphatic carbocycles. The Balaban J connectivity index is 1.25. The van der Waals surface area contributed by atoms with E-state index in [1.165, 1.54) is 12.1 Å². The number of fused-ring (bicyclic) bond motifs is 2. The van der Waals surface area contributed by atoms with Crippen molar-refractivity contribution in [3.8, 4) is 5.75 Å². The van der Waals surface area contributed by atoms with Gasteiger partial charge in [0, 0.05) is 29.7 Å². The summed E-state index contributed by atoms with van der Waals surface area (Å²) < 4.78 is 85.2. The van der Waals surface area contributed by atoms with Crippen molar-refractivity contribution >= 4 is 27.5 Å². The number of carbonyl (C=O) groups is 1. The molecule has 3 fully saturated rings. The lowest BCUT2D eigenvalue weighted by atomic mass is 9.90. The van der Waals surface area contributed by atoms with Gasteiger partial charge in [-0.3, -0.25) is 9.69 Å². The van der Waals surface area contributed by atoms with Gasteiger partial charge in [0.1, 0.15) is 11.6 Å². The molecular weight excluding hydrogens is 560 g/mol. The van der Waals surface area contributed by atoms with E-state index in [0.717, 1.165) is 63.0 Å². The number of benzene rings is 2. The van der Waals surface area contributed by atoms with Crippen LogP contribution in [0.3, 0.4) is 0 Å². The minimum Gasteiger partial charge on any atom is -0.493 e. The summed E-state index contributed by atoms with van der Waals surface area (Å²) in [6.45, 7) is 0.693. The number of ether oxygens (including phenoxy) is 1. The number of alkyl halides is 3. The predicted molar refractivity (Wildman–Crippen MR) is 138 cm³/mol. The molecule has 0 spiro atoms. The van der Waals surface area contributed by atoms with Crippen LogP contribution in [-0.4, -0.2) is 44.2 Å². The second-order valence-electron chi connectivity index (χ2n) is 10.9. The van der Waals surface area contributed by atoms with Gasteiger partial charge >= 0.3 is 6.18 Å². The Morgan fingerprint density at radius 1 is 1.10 bits per heavy atom. The van der Waals surface area contributed by atoms with E-state index in [9.17, 15) is 30.8 Å². The zero-order chi connectivity index (χ0) is 28.1. The largest absolute Gasteiger partial charge is 0.493 e. The van der Waals surface area contributed by atoms with Crippen LogP contribution < -0.4 is 9.46 Å². The van der Waals surface area contributed by atoms with Crippen molar-refractivity contribution in [3.05, 3.63) is 63.4 Å². The van der Waals surface area contributed by atoms with Crippen molar-refractivity contribution in [1.29, 1.82) is 0 Å². The predicted octanol–water partition coefficient (Wildman–Crippen LogP) is 5.89. The zero-order valence-electron chi connectivity index (χ0n) is 21.2. The van der Waals surface area contributed by atoms with E-state index in [-0.39, 0.29) is 29.5 Å². The molecule has 1 N–H and O–H groups in total. The van der Waals surface area contributed by atoms with E-state index in [4.69, 9.17) is 16.3 Å². The van der Waals surface area contributed by atoms with Crippen LogP contribution in [0.15, 0.2) is 30.3 Å². The van der Waals surface area contributed by atoms with Crippen molar-refractivity contribution in [2.75, 3.05) is 12.9 Å². The number of carbonyl (C=O) groups excluding carboxylic acids is 1. The van der Waals surface area contributed by atoms with Gasteiger partial charge in [-0.15, -0.1) is 0 Å². The SMILES string of the molecule is CS(=O)(=O)NC(=O)c1cc(C2CC2)c(OCC2CC3CC[C@@H](C2)N3Cc2cc(C(F)(F)F)ccc2Cl)cc1F. The van der Waals surface area contributed by atoms with Crippen LogP contribution in [0, 0.1) is 11.7 Å². The second-order valence-corrected chi connectivity index (χ2v) is 13.0. The molecular formula is C27H29ClF4N2O4S. The summed E-state index contributed by atoms with van der Waals surface area (Å²) in [6, 6.07) is 6.33. The second kappa shape index (κ2) is 10.6. The molecule has 2 aromatic carbocycles. The zero-order valence-corrected chi connectivity index (χ0v) is 22.8. The number of halogens is 5. The van der Waals surface area contributed by atoms with E-state index >= 15 is 0 Å². The summed E-state index contributed by atoms with van der Waals surface area (Å²) in [6.07, 6.45) is 1.59. The van der Waals surface area contributed by atoms with Crippen LogP contribution in [0.25, 0.3) is 0 Å². The van der Waals surface area contributed by atoms with Gasteiger partial charge in [-0.2, -0.15) is 13.2 Å². The van der Waals surface area contributed by atoms with Crippen molar-refractivity contribution in [2.24, 2.45) is 5.92 Å². The number of sulfonamides is 1. The lowest BCUT2D eigenvalue weighted by molar-refractivity contribution is -0.137. The van der Waals surface area contributed by atoms with Gasteiger partial charge in [-0.05, 0) is 85.8 Å². The molecule has 2 aromatic rings. The highest BCUT2D eigenvalue weighted by atomic mass is 35.5. The third kappa shape index (κ3) is 6.52. The fourth-order valence-corrected chi connectivity index (χ4v) is 6.49. The molecule has 6 nitrogen and oxygen atoms in total. The average molecular weight is 589 g/mol. The molecule has 0 aromatic heterocycles. The maximum atomic E-state index is 14.8. The van der Waals surface area contributed by atoms with E-state index in [1.807, 2.05) is 0 Å². The van der Waals surface area contributed by atoms with E-state index in [0.29, 0.717) is 35.1 Å². The number of rotatable bonds is 8. The summed E-state index contributed by atoms with van der Waals surface area (Å²) in [5, 5.41) is 0.316. The number of hydrogen-bond acceptors (Lipinski definition) is 5. The molecule has 1 amide bonds.